The summed E-state index contributed by atoms with van der Waals surface area (Å²) >= 11 is 0. The molecule has 0 aromatic heterocycles. The van der Waals surface area contributed by atoms with Crippen molar-refractivity contribution in [1.82, 2.24) is 5.32 Å². The van der Waals surface area contributed by atoms with E-state index in [1.165, 1.54) is 0 Å². The second-order valence-corrected chi connectivity index (χ2v) is 8.83. The topological polar surface area (TPSA) is 289 Å². The summed E-state index contributed by atoms with van der Waals surface area (Å²) in [5.41, 5.74) is 0. The number of hydrogen-bond donors (Lipinski definition) is 12. The number of amides is 1. The van der Waals surface area contributed by atoms with Crippen molar-refractivity contribution >= 4 is 5.91 Å². The number of nitrogens with one attached hydrogen (secondary N) is 1. The Bertz CT molecular complexity index is 703. The van der Waals surface area contributed by atoms with Crippen molar-refractivity contribution in [2.75, 3.05) is 26.4 Å². The molecule has 2 fully saturated rings. The number of carbonyl (C=O) groups excluding carboxylic acids is 1. The van der Waals surface area contributed by atoms with Gasteiger partial charge in [0, 0.05) is 6.92 Å². The zero-order valence-corrected chi connectivity index (χ0v) is 19.9. The minimum atomic E-state index is -2.01. The second-order valence-electron chi connectivity index (χ2n) is 8.83. The maximum absolute atomic E-state index is 11.7. The largest absolute Gasteiger partial charge is 0.394 e. The molecule has 0 aliphatic carbocycles. The summed E-state index contributed by atoms with van der Waals surface area (Å²) in [6, 6.07) is -1.48. The first-order chi connectivity index (χ1) is 17.4. The highest BCUT2D eigenvalue weighted by Gasteiger charge is 2.52. The molecule has 0 saturated carbocycles. The van der Waals surface area contributed by atoms with Gasteiger partial charge >= 0.3 is 0 Å². The van der Waals surface area contributed by atoms with Gasteiger partial charge in [-0.05, 0) is 0 Å². The Balaban J connectivity index is 2.40. The number of aliphatic hydroxyl groups excluding tert-OH is 11. The first-order valence-corrected chi connectivity index (χ1v) is 11.5. The van der Waals surface area contributed by atoms with Crippen LogP contribution in [0.25, 0.3) is 0 Å². The monoisotopic (exact) mass is 547 g/mol. The number of carbonyl (C=O) groups is 1. The van der Waals surface area contributed by atoms with Crippen LogP contribution in [0.1, 0.15) is 6.92 Å². The Morgan fingerprint density at radius 3 is 1.81 bits per heavy atom. The van der Waals surface area contributed by atoms with Gasteiger partial charge in [-0.25, -0.2) is 0 Å². The normalized spacial score (nSPS) is 40.0. The molecule has 14 atom stereocenters. The average Bonchev–Trinajstić information content (AvgIpc) is 2.88. The highest BCUT2D eigenvalue weighted by Crippen LogP contribution is 2.31. The van der Waals surface area contributed by atoms with Gasteiger partial charge in [0.15, 0.2) is 12.6 Å². The molecule has 0 bridgehead atoms. The summed E-state index contributed by atoms with van der Waals surface area (Å²) < 4.78 is 22.0. The molecule has 0 spiro atoms. The SMILES string of the molecule is CC(=O)N[C@H]1[C@H](O[C@@H]2[C@@H](O[C@@H]([C@H](O)[C@H](O)CO)[C@H](O)CO)O[C@H](CO)[C@@H](O)[C@@H]2O)O[C@H](CO)[C@@H](O)[C@@H]1O. The lowest BCUT2D eigenvalue weighted by atomic mass is 9.95. The van der Waals surface area contributed by atoms with Gasteiger partial charge in [0.25, 0.3) is 0 Å². The Morgan fingerprint density at radius 1 is 0.811 bits per heavy atom. The van der Waals surface area contributed by atoms with Crippen LogP contribution in [0.3, 0.4) is 0 Å². The third-order valence-corrected chi connectivity index (χ3v) is 6.14. The van der Waals surface area contributed by atoms with Gasteiger partial charge in [-0.15, -0.1) is 0 Å². The fourth-order valence-corrected chi connectivity index (χ4v) is 4.04. The van der Waals surface area contributed by atoms with Crippen molar-refractivity contribution in [2.45, 2.75) is 92.7 Å². The van der Waals surface area contributed by atoms with Gasteiger partial charge in [-0.1, -0.05) is 0 Å². The molecule has 2 heterocycles. The zero-order valence-electron chi connectivity index (χ0n) is 19.9. The first-order valence-electron chi connectivity index (χ1n) is 11.5. The average molecular weight is 548 g/mol. The molecule has 2 aliphatic rings. The van der Waals surface area contributed by atoms with Crippen LogP contribution in [0.15, 0.2) is 0 Å². The molecule has 2 aliphatic heterocycles. The fourth-order valence-electron chi connectivity index (χ4n) is 4.04. The van der Waals surface area contributed by atoms with Crippen LogP contribution in [0.2, 0.25) is 0 Å². The van der Waals surface area contributed by atoms with Gasteiger partial charge in [0.05, 0.1) is 26.4 Å². The van der Waals surface area contributed by atoms with E-state index in [2.05, 4.69) is 5.32 Å². The van der Waals surface area contributed by atoms with E-state index in [9.17, 15) is 55.9 Å². The molecule has 0 radical (unpaired) electrons. The van der Waals surface area contributed by atoms with Crippen LogP contribution < -0.4 is 5.32 Å². The van der Waals surface area contributed by atoms with Crippen LogP contribution >= 0.6 is 0 Å². The van der Waals surface area contributed by atoms with Crippen molar-refractivity contribution in [3.63, 3.8) is 0 Å². The Morgan fingerprint density at radius 2 is 1.32 bits per heavy atom. The molecular formula is C20H37NO16. The standard InChI is InChI=1S/C20H37NO16/c1-6(26)21-11-15(32)13(30)9(4-24)34-19(11)37-18-16(33)14(31)10(5-25)35-20(18)36-17(8(28)3-23)12(29)7(27)2-22/h7-20,22-25,27-33H,2-5H2,1H3,(H,21,26)/t7-,8-,9-,10-,11-,12-,13-,14-,15-,16+,17-,18+,19+,20-/m1/s1. The van der Waals surface area contributed by atoms with E-state index in [4.69, 9.17) is 24.1 Å². The zero-order chi connectivity index (χ0) is 28.0. The summed E-state index contributed by atoms with van der Waals surface area (Å²) in [6.07, 6.45) is -23.0. The lowest BCUT2D eigenvalue weighted by Crippen LogP contribution is -2.68. The third kappa shape index (κ3) is 7.50. The highest BCUT2D eigenvalue weighted by molar-refractivity contribution is 5.73. The van der Waals surface area contributed by atoms with Crippen LogP contribution in [0.4, 0.5) is 0 Å². The lowest BCUT2D eigenvalue weighted by Gasteiger charge is -2.48. The molecule has 2 rings (SSSR count). The van der Waals surface area contributed by atoms with Gasteiger partial charge in [-0.2, -0.15) is 0 Å². The van der Waals surface area contributed by atoms with E-state index in [0.29, 0.717) is 0 Å². The van der Waals surface area contributed by atoms with Gasteiger partial charge < -0.3 is 80.4 Å². The summed E-state index contributed by atoms with van der Waals surface area (Å²) in [6.45, 7) is -2.51. The van der Waals surface area contributed by atoms with Crippen LogP contribution in [-0.4, -0.2) is 174 Å². The molecule has 37 heavy (non-hydrogen) atoms. The third-order valence-electron chi connectivity index (χ3n) is 6.14. The smallest absolute Gasteiger partial charge is 0.217 e. The molecule has 0 aromatic carbocycles. The number of ether oxygens (including phenoxy) is 4. The van der Waals surface area contributed by atoms with Gasteiger partial charge in [0.1, 0.15) is 73.2 Å². The molecule has 12 N–H and O–H groups in total. The molecule has 218 valence electrons. The van der Waals surface area contributed by atoms with Crippen molar-refractivity contribution in [1.29, 1.82) is 0 Å². The predicted octanol–water partition coefficient (Wildman–Crippen LogP) is -7.79. The van der Waals surface area contributed by atoms with Gasteiger partial charge in [-0.3, -0.25) is 4.79 Å². The van der Waals surface area contributed by atoms with Gasteiger partial charge in [0.2, 0.25) is 5.91 Å². The van der Waals surface area contributed by atoms with Crippen LogP contribution in [0.5, 0.6) is 0 Å². The first kappa shape index (κ1) is 32.1. The van der Waals surface area contributed by atoms with Crippen molar-refractivity contribution in [2.24, 2.45) is 0 Å². The fraction of sp³-hybridized carbons (Fsp3) is 0.950. The van der Waals surface area contributed by atoms with Crippen LogP contribution in [0, 0.1) is 0 Å². The minimum Gasteiger partial charge on any atom is -0.394 e. The van der Waals surface area contributed by atoms with Crippen molar-refractivity contribution < 1.29 is 79.9 Å². The second kappa shape index (κ2) is 14.3. The molecule has 17 heteroatoms. The predicted molar refractivity (Wildman–Crippen MR) is 115 cm³/mol. The maximum atomic E-state index is 11.7. The molecule has 1 amide bonds. The van der Waals surface area contributed by atoms with E-state index in [1.807, 2.05) is 0 Å². The van der Waals surface area contributed by atoms with E-state index >= 15 is 0 Å². The molecule has 17 nitrogen and oxygen atoms in total. The highest BCUT2D eigenvalue weighted by atomic mass is 16.8. The van der Waals surface area contributed by atoms with E-state index in [-0.39, 0.29) is 0 Å². The molecular weight excluding hydrogens is 510 g/mol. The molecule has 0 aromatic rings. The molecule has 0 unspecified atom stereocenters. The Kier molecular flexibility index (Phi) is 12.4. The quantitative estimate of drug-likeness (QED) is 0.108. The van der Waals surface area contributed by atoms with Crippen molar-refractivity contribution in [3.8, 4) is 0 Å². The summed E-state index contributed by atoms with van der Waals surface area (Å²) in [5, 5.41) is 112. The van der Waals surface area contributed by atoms with E-state index < -0.39 is 118 Å². The summed E-state index contributed by atoms with van der Waals surface area (Å²) in [5.74, 6) is -0.684. The maximum Gasteiger partial charge on any atom is 0.217 e. The Labute approximate surface area is 211 Å². The number of rotatable bonds is 12. The lowest BCUT2D eigenvalue weighted by molar-refractivity contribution is -0.368. The molecule has 2 saturated heterocycles. The van der Waals surface area contributed by atoms with E-state index in [0.717, 1.165) is 6.92 Å². The minimum absolute atomic E-state index is 0.684. The van der Waals surface area contributed by atoms with Crippen molar-refractivity contribution in [3.05, 3.63) is 0 Å². The number of hydrogen-bond acceptors (Lipinski definition) is 16. The Hall–Kier alpha value is -1.13. The number of aliphatic hydroxyl groups is 11. The summed E-state index contributed by atoms with van der Waals surface area (Å²) in [7, 11) is 0. The van der Waals surface area contributed by atoms with E-state index in [1.54, 1.807) is 0 Å². The summed E-state index contributed by atoms with van der Waals surface area (Å²) in [4.78, 5) is 11.7. The van der Waals surface area contributed by atoms with Crippen LogP contribution in [-0.2, 0) is 23.7 Å².